The lowest BCUT2D eigenvalue weighted by Gasteiger charge is -1.97. The van der Waals surface area contributed by atoms with Crippen LogP contribution < -0.4 is 0 Å². The van der Waals surface area contributed by atoms with Gasteiger partial charge in [0, 0.05) is 0 Å². The molecule has 0 radical (unpaired) electrons. The number of hydrogen-bond donors (Lipinski definition) is 1. The second-order valence-corrected chi connectivity index (χ2v) is 0.859. The van der Waals surface area contributed by atoms with Crippen LogP contribution in [0.1, 0.15) is 0 Å². The van der Waals surface area contributed by atoms with Gasteiger partial charge in [0.05, 0.1) is 0 Å². The average Bonchev–Trinajstić information content (AvgIpc) is 1.68. The molecule has 0 spiro atoms. The molecule has 0 aromatic rings. The molecule has 0 aliphatic carbocycles. The Labute approximate surface area is 41.2 Å². The van der Waals surface area contributed by atoms with Gasteiger partial charge in [0.15, 0.2) is 0 Å². The molecule has 0 saturated heterocycles. The lowest BCUT2D eigenvalue weighted by atomic mass is 10.6. The van der Waals surface area contributed by atoms with E-state index in [9.17, 15) is 4.79 Å². The lowest BCUT2D eigenvalue weighted by molar-refractivity contribution is -0.144. The Kier molecular flexibility index (Phi) is 2.96. The van der Waals surface area contributed by atoms with Crippen LogP contribution in [0.4, 0.5) is 0 Å². The van der Waals surface area contributed by atoms with Crippen molar-refractivity contribution >= 4 is 6.47 Å². The fourth-order valence-electron chi connectivity index (χ4n) is 0.112. The lowest BCUT2D eigenvalue weighted by Crippen LogP contribution is -2.04. The predicted molar refractivity (Wildman–Crippen MR) is 23.4 cm³/mol. The van der Waals surface area contributed by atoms with E-state index in [-0.39, 0.29) is 6.47 Å². The molecule has 0 aromatic heterocycles. The molecule has 7 heavy (non-hydrogen) atoms. The molecule has 0 rings (SSSR count). The maximum Gasteiger partial charge on any atom is 0.295 e. The van der Waals surface area contributed by atoms with Crippen molar-refractivity contribution in [1.29, 1.82) is 0 Å². The van der Waals surface area contributed by atoms with Crippen LogP contribution in [0.25, 0.3) is 0 Å². The van der Waals surface area contributed by atoms with Crippen LogP contribution in [-0.4, -0.2) is 17.9 Å². The highest BCUT2D eigenvalue weighted by atomic mass is 16.6. The van der Waals surface area contributed by atoms with Gasteiger partial charge in [-0.25, -0.2) is 0 Å². The number of aliphatic hydroxyl groups excluding tert-OH is 1. The first-order valence-electron chi connectivity index (χ1n) is 1.71. The summed E-state index contributed by atoms with van der Waals surface area (Å²) >= 11 is 0. The van der Waals surface area contributed by atoms with E-state index in [2.05, 4.69) is 11.3 Å². The Hall–Kier alpha value is -0.830. The first-order chi connectivity index (χ1) is 3.31. The molecule has 40 valence electrons. The van der Waals surface area contributed by atoms with Crippen molar-refractivity contribution in [3.05, 3.63) is 12.7 Å². The summed E-state index contributed by atoms with van der Waals surface area (Å²) in [6.07, 6.45) is -0.0495. The monoisotopic (exact) mass is 102 g/mol. The number of carbonyl (C=O) groups excluding carboxylic acids is 1. The van der Waals surface area contributed by atoms with Gasteiger partial charge in [0.2, 0.25) is 6.29 Å². The number of hydrogen-bond acceptors (Lipinski definition) is 3. The first-order valence-corrected chi connectivity index (χ1v) is 1.71. The molecule has 0 bridgehead atoms. The summed E-state index contributed by atoms with van der Waals surface area (Å²) in [5.74, 6) is 0. The Morgan fingerprint density at radius 2 is 2.43 bits per heavy atom. The molecule has 0 saturated carbocycles. The van der Waals surface area contributed by atoms with Crippen LogP contribution in [0.15, 0.2) is 12.7 Å². The van der Waals surface area contributed by atoms with Crippen LogP contribution in [0.5, 0.6) is 0 Å². The van der Waals surface area contributed by atoms with Gasteiger partial charge in [-0.3, -0.25) is 4.79 Å². The highest BCUT2D eigenvalue weighted by Gasteiger charge is 1.89. The molecule has 0 aliphatic rings. The minimum atomic E-state index is -1.16. The standard InChI is InChI=1S/C4H6O3/c1-2-4(6)7-3-5/h2-4,6H,1H2. The van der Waals surface area contributed by atoms with Crippen LogP contribution in [0.2, 0.25) is 0 Å². The van der Waals surface area contributed by atoms with E-state index in [1.54, 1.807) is 0 Å². The fraction of sp³-hybridized carbons (Fsp3) is 0.250. The van der Waals surface area contributed by atoms with Gasteiger partial charge < -0.3 is 9.84 Å². The smallest absolute Gasteiger partial charge is 0.295 e. The first kappa shape index (κ1) is 6.17. The zero-order valence-electron chi connectivity index (χ0n) is 3.70. The molecular formula is C4H6O3. The van der Waals surface area contributed by atoms with E-state index in [0.717, 1.165) is 6.08 Å². The minimum absolute atomic E-state index is 0.159. The molecule has 0 fully saturated rings. The molecule has 1 atom stereocenters. The Balaban J connectivity index is 3.15. The Bertz CT molecular complexity index is 69.3. The van der Waals surface area contributed by atoms with E-state index in [4.69, 9.17) is 5.11 Å². The molecule has 0 aromatic carbocycles. The maximum atomic E-state index is 9.34. The van der Waals surface area contributed by atoms with E-state index in [0.29, 0.717) is 0 Å². The van der Waals surface area contributed by atoms with Crippen molar-refractivity contribution in [1.82, 2.24) is 0 Å². The van der Waals surface area contributed by atoms with E-state index in [1.165, 1.54) is 0 Å². The van der Waals surface area contributed by atoms with Gasteiger partial charge in [0.1, 0.15) is 0 Å². The van der Waals surface area contributed by atoms with Crippen LogP contribution >= 0.6 is 0 Å². The molecule has 3 heteroatoms. The van der Waals surface area contributed by atoms with E-state index in [1.807, 2.05) is 0 Å². The van der Waals surface area contributed by atoms with Crippen molar-refractivity contribution in [3.8, 4) is 0 Å². The summed E-state index contributed by atoms with van der Waals surface area (Å²) in [5, 5.41) is 8.29. The van der Waals surface area contributed by atoms with Crippen LogP contribution in [-0.2, 0) is 9.53 Å². The molecule has 0 heterocycles. The van der Waals surface area contributed by atoms with Gasteiger partial charge in [-0.2, -0.15) is 0 Å². The number of aliphatic hydroxyl groups is 1. The largest absolute Gasteiger partial charge is 0.434 e. The summed E-state index contributed by atoms with van der Waals surface area (Å²) in [6, 6.07) is 0. The van der Waals surface area contributed by atoms with Crippen molar-refractivity contribution in [2.45, 2.75) is 6.29 Å². The van der Waals surface area contributed by atoms with Crippen molar-refractivity contribution < 1.29 is 14.6 Å². The quantitative estimate of drug-likeness (QED) is 0.301. The normalized spacial score (nSPS) is 12.1. The third kappa shape index (κ3) is 2.99. The average molecular weight is 102 g/mol. The van der Waals surface area contributed by atoms with Gasteiger partial charge in [-0.1, -0.05) is 6.58 Å². The van der Waals surface area contributed by atoms with Crippen molar-refractivity contribution in [2.24, 2.45) is 0 Å². The third-order valence-electron chi connectivity index (χ3n) is 0.397. The van der Waals surface area contributed by atoms with E-state index >= 15 is 0 Å². The summed E-state index contributed by atoms with van der Waals surface area (Å²) in [5.41, 5.74) is 0. The van der Waals surface area contributed by atoms with Gasteiger partial charge in [0.25, 0.3) is 6.47 Å². The number of rotatable bonds is 3. The van der Waals surface area contributed by atoms with Crippen LogP contribution in [0, 0.1) is 0 Å². The number of ether oxygens (including phenoxy) is 1. The molecule has 3 nitrogen and oxygen atoms in total. The topological polar surface area (TPSA) is 46.5 Å². The summed E-state index contributed by atoms with van der Waals surface area (Å²) in [6.45, 7) is 3.30. The Morgan fingerprint density at radius 1 is 1.86 bits per heavy atom. The SMILES string of the molecule is C=CC(O)OC=O. The summed E-state index contributed by atoms with van der Waals surface area (Å²) < 4.78 is 3.95. The fourth-order valence-corrected chi connectivity index (χ4v) is 0.112. The minimum Gasteiger partial charge on any atom is -0.434 e. The van der Waals surface area contributed by atoms with Gasteiger partial charge >= 0.3 is 0 Å². The highest BCUT2D eigenvalue weighted by molar-refractivity contribution is 5.37. The number of carbonyl (C=O) groups is 1. The van der Waals surface area contributed by atoms with Crippen molar-refractivity contribution in [3.63, 3.8) is 0 Å². The molecular weight excluding hydrogens is 96.0 g/mol. The zero-order valence-corrected chi connectivity index (χ0v) is 3.70. The van der Waals surface area contributed by atoms with Crippen LogP contribution in [0.3, 0.4) is 0 Å². The predicted octanol–water partition coefficient (Wildman–Crippen LogP) is -0.336. The molecule has 0 aliphatic heterocycles. The second-order valence-electron chi connectivity index (χ2n) is 0.859. The third-order valence-corrected chi connectivity index (χ3v) is 0.397. The van der Waals surface area contributed by atoms with Crippen molar-refractivity contribution in [2.75, 3.05) is 0 Å². The molecule has 1 unspecified atom stereocenters. The van der Waals surface area contributed by atoms with Gasteiger partial charge in [-0.05, 0) is 6.08 Å². The zero-order chi connectivity index (χ0) is 5.70. The van der Waals surface area contributed by atoms with E-state index < -0.39 is 6.29 Å². The molecule has 0 amide bonds. The molecule has 1 N–H and O–H groups in total. The highest BCUT2D eigenvalue weighted by Crippen LogP contribution is 1.79. The summed E-state index contributed by atoms with van der Waals surface area (Å²) in [7, 11) is 0. The second kappa shape index (κ2) is 3.36. The maximum absolute atomic E-state index is 9.34. The Morgan fingerprint density at radius 3 is 2.57 bits per heavy atom. The van der Waals surface area contributed by atoms with Gasteiger partial charge in [-0.15, -0.1) is 0 Å². The summed E-state index contributed by atoms with van der Waals surface area (Å²) in [4.78, 5) is 9.34.